The van der Waals surface area contributed by atoms with Crippen molar-refractivity contribution in [2.45, 2.75) is 32.2 Å². The number of carbonyl (C=O) groups excluding carboxylic acids is 2. The van der Waals surface area contributed by atoms with Crippen LogP contribution in [0.25, 0.3) is 5.76 Å². The molecule has 1 aliphatic rings. The first-order valence-corrected chi connectivity index (χ1v) is 11.1. The number of hydrogen-bond acceptors (Lipinski definition) is 5. The molecule has 1 amide bonds. The Morgan fingerprint density at radius 2 is 1.78 bits per heavy atom. The van der Waals surface area contributed by atoms with E-state index in [-0.39, 0.29) is 5.57 Å². The zero-order chi connectivity index (χ0) is 23.1. The lowest BCUT2D eigenvalue weighted by molar-refractivity contribution is -0.858. The Balaban J connectivity index is 1.95. The number of nitrogens with zero attached hydrogens (tertiary/aromatic N) is 2. The summed E-state index contributed by atoms with van der Waals surface area (Å²) in [5, 5.41) is 13.4. The zero-order valence-electron chi connectivity index (χ0n) is 19.0. The van der Waals surface area contributed by atoms with Gasteiger partial charge in [0.1, 0.15) is 5.75 Å². The normalized spacial score (nSPS) is 17.9. The highest BCUT2D eigenvalue weighted by atomic mass is 16.5. The number of amides is 1. The number of ketones is 1. The Morgan fingerprint density at radius 1 is 1.09 bits per heavy atom. The predicted octanol–water partition coefficient (Wildman–Crippen LogP) is 1.02. The summed E-state index contributed by atoms with van der Waals surface area (Å²) in [7, 11) is 4.07. The molecule has 0 bridgehead atoms. The van der Waals surface area contributed by atoms with Crippen molar-refractivity contribution in [3.8, 4) is 5.75 Å². The van der Waals surface area contributed by atoms with Gasteiger partial charge in [0.05, 0.1) is 33.3 Å². The van der Waals surface area contributed by atoms with Crippen molar-refractivity contribution in [2.75, 3.05) is 33.8 Å². The minimum absolute atomic E-state index is 0.00180. The first-order chi connectivity index (χ1) is 15.4. The third-order valence-corrected chi connectivity index (χ3v) is 5.51. The third kappa shape index (κ3) is 5.34. The molecule has 1 atom stereocenters. The molecule has 0 aliphatic carbocycles. The number of carbonyl (C=O) groups is 2. The van der Waals surface area contributed by atoms with Gasteiger partial charge in [-0.05, 0) is 41.8 Å². The van der Waals surface area contributed by atoms with E-state index in [0.717, 1.165) is 25.8 Å². The van der Waals surface area contributed by atoms with Crippen molar-refractivity contribution in [2.24, 2.45) is 0 Å². The molecule has 1 unspecified atom stereocenters. The van der Waals surface area contributed by atoms with Crippen LogP contribution in [0.5, 0.6) is 5.75 Å². The molecular weight excluding hydrogens is 406 g/mol. The minimum atomic E-state index is -0.725. The summed E-state index contributed by atoms with van der Waals surface area (Å²) in [6, 6.07) is 9.54. The van der Waals surface area contributed by atoms with E-state index in [9.17, 15) is 14.7 Å². The Labute approximate surface area is 189 Å². The van der Waals surface area contributed by atoms with Gasteiger partial charge in [0.15, 0.2) is 0 Å². The molecule has 32 heavy (non-hydrogen) atoms. The van der Waals surface area contributed by atoms with Gasteiger partial charge in [0.2, 0.25) is 5.78 Å². The van der Waals surface area contributed by atoms with Gasteiger partial charge in [0, 0.05) is 30.9 Å². The average molecular weight is 438 g/mol. The largest absolute Gasteiger partial charge is 0.872 e. The van der Waals surface area contributed by atoms with Crippen molar-refractivity contribution < 1.29 is 24.3 Å². The summed E-state index contributed by atoms with van der Waals surface area (Å²) in [5.74, 6) is -1.10. The molecule has 170 valence electrons. The lowest BCUT2D eigenvalue weighted by atomic mass is 9.96. The molecule has 0 saturated carbocycles. The number of likely N-dealkylation sites (tertiary alicyclic amines) is 1. The van der Waals surface area contributed by atoms with Crippen LogP contribution in [0.4, 0.5) is 0 Å². The van der Waals surface area contributed by atoms with E-state index >= 15 is 0 Å². The molecule has 1 fully saturated rings. The number of ether oxygens (including phenoxy) is 1. The van der Waals surface area contributed by atoms with Crippen molar-refractivity contribution in [1.29, 1.82) is 0 Å². The quantitative estimate of drug-likeness (QED) is 0.260. The van der Waals surface area contributed by atoms with Crippen LogP contribution < -0.4 is 14.7 Å². The first kappa shape index (κ1) is 23.5. The predicted molar refractivity (Wildman–Crippen MR) is 120 cm³/mol. The summed E-state index contributed by atoms with van der Waals surface area (Å²) < 4.78 is 5.66. The third-order valence-electron chi connectivity index (χ3n) is 5.51. The standard InChI is InChI=1S/C25H31N3O4/c1-4-5-17-32-20-9-7-19(8-10-20)23(29)21-22(18-11-13-26-14-12-18)28(25(31)24(21)30)16-6-15-27(2)3/h7-14,22,29H,4-6,15-17H2,1-3H3. The Hall–Kier alpha value is -3.19. The van der Waals surface area contributed by atoms with E-state index in [0.29, 0.717) is 30.0 Å². The molecule has 0 radical (unpaired) electrons. The van der Waals surface area contributed by atoms with Crippen LogP contribution >= 0.6 is 0 Å². The fourth-order valence-corrected chi connectivity index (χ4v) is 3.79. The fourth-order valence-electron chi connectivity index (χ4n) is 3.79. The van der Waals surface area contributed by atoms with E-state index in [1.807, 2.05) is 14.1 Å². The second-order valence-electron chi connectivity index (χ2n) is 8.29. The second-order valence-corrected chi connectivity index (χ2v) is 8.29. The molecule has 2 aromatic rings. The number of nitrogens with one attached hydrogen (secondary N) is 1. The number of hydrogen-bond donors (Lipinski definition) is 1. The summed E-state index contributed by atoms with van der Waals surface area (Å²) in [6.45, 7) is 3.96. The maximum absolute atomic E-state index is 13.4. The molecule has 3 rings (SSSR count). The van der Waals surface area contributed by atoms with Gasteiger partial charge in [-0.3, -0.25) is 14.6 Å². The summed E-state index contributed by atoms with van der Waals surface area (Å²) in [5.41, 5.74) is 1.07. The van der Waals surface area contributed by atoms with Crippen LogP contribution in [0.1, 0.15) is 43.4 Å². The average Bonchev–Trinajstić information content (AvgIpc) is 3.04. The van der Waals surface area contributed by atoms with E-state index < -0.39 is 23.5 Å². The van der Waals surface area contributed by atoms with Crippen molar-refractivity contribution >= 4 is 17.4 Å². The van der Waals surface area contributed by atoms with Crippen molar-refractivity contribution in [1.82, 2.24) is 9.88 Å². The van der Waals surface area contributed by atoms with E-state index in [1.165, 1.54) is 9.80 Å². The van der Waals surface area contributed by atoms with Crippen LogP contribution in [-0.2, 0) is 9.59 Å². The van der Waals surface area contributed by atoms with Crippen molar-refractivity contribution in [3.05, 3.63) is 65.5 Å². The minimum Gasteiger partial charge on any atom is -0.872 e. The van der Waals surface area contributed by atoms with Gasteiger partial charge in [-0.1, -0.05) is 31.2 Å². The molecule has 7 nitrogen and oxygen atoms in total. The van der Waals surface area contributed by atoms with Crippen LogP contribution in [-0.4, -0.2) is 55.4 Å². The number of benzene rings is 1. The first-order valence-electron chi connectivity index (χ1n) is 11.1. The highest BCUT2D eigenvalue weighted by Crippen LogP contribution is 2.38. The molecule has 1 N–H and O–H groups in total. The Morgan fingerprint density at radius 3 is 2.41 bits per heavy atom. The Bertz CT molecular complexity index is 955. The molecule has 0 spiro atoms. The Kier molecular flexibility index (Phi) is 8.00. The van der Waals surface area contributed by atoms with Crippen molar-refractivity contribution in [3.63, 3.8) is 0 Å². The number of rotatable bonds is 10. The number of pyridine rings is 1. The molecule has 1 aliphatic heterocycles. The smallest absolute Gasteiger partial charge is 0.295 e. The number of quaternary nitrogens is 1. The fraction of sp³-hybridized carbons (Fsp3) is 0.400. The highest BCUT2D eigenvalue weighted by molar-refractivity contribution is 6.46. The van der Waals surface area contributed by atoms with E-state index in [4.69, 9.17) is 4.74 Å². The van der Waals surface area contributed by atoms with Crippen LogP contribution in [0.3, 0.4) is 0 Å². The van der Waals surface area contributed by atoms with Gasteiger partial charge in [0.25, 0.3) is 5.91 Å². The molecule has 1 aromatic heterocycles. The van der Waals surface area contributed by atoms with Crippen LogP contribution in [0.2, 0.25) is 0 Å². The second kappa shape index (κ2) is 10.9. The lowest BCUT2D eigenvalue weighted by Crippen LogP contribution is -3.05. The molecule has 1 saturated heterocycles. The number of Topliss-reactive ketones (excluding diaryl/α,β-unsaturated/α-hetero) is 1. The molecule has 2 heterocycles. The molecular formula is C25H31N3O4. The SMILES string of the molecule is CCCCOc1ccc(C([O-])=C2C(=O)C(=O)N(CCC[NH+](C)C)C2c2ccncc2)cc1. The zero-order valence-corrected chi connectivity index (χ0v) is 19.0. The van der Waals surface area contributed by atoms with Gasteiger partial charge < -0.3 is 19.6 Å². The summed E-state index contributed by atoms with van der Waals surface area (Å²) in [6.07, 6.45) is 5.93. The van der Waals surface area contributed by atoms with E-state index in [1.54, 1.807) is 48.8 Å². The van der Waals surface area contributed by atoms with Gasteiger partial charge in [-0.15, -0.1) is 0 Å². The van der Waals surface area contributed by atoms with Gasteiger partial charge >= 0.3 is 0 Å². The van der Waals surface area contributed by atoms with Gasteiger partial charge in [-0.25, -0.2) is 0 Å². The molecule has 1 aromatic carbocycles. The van der Waals surface area contributed by atoms with Gasteiger partial charge in [-0.2, -0.15) is 0 Å². The van der Waals surface area contributed by atoms with Crippen LogP contribution in [0, 0.1) is 0 Å². The highest BCUT2D eigenvalue weighted by Gasteiger charge is 2.43. The maximum atomic E-state index is 13.4. The number of unbranched alkanes of at least 4 members (excludes halogenated alkanes) is 1. The maximum Gasteiger partial charge on any atom is 0.295 e. The van der Waals surface area contributed by atoms with E-state index in [2.05, 4.69) is 11.9 Å². The topological polar surface area (TPSA) is 87.0 Å². The lowest BCUT2D eigenvalue weighted by Gasteiger charge is -2.27. The monoisotopic (exact) mass is 437 g/mol. The van der Waals surface area contributed by atoms with Crippen LogP contribution in [0.15, 0.2) is 54.4 Å². The molecule has 7 heteroatoms. The number of aromatic nitrogens is 1. The summed E-state index contributed by atoms with van der Waals surface area (Å²) >= 11 is 0. The summed E-state index contributed by atoms with van der Waals surface area (Å²) in [4.78, 5) is 32.6.